The third-order valence-corrected chi connectivity index (χ3v) is 3.37. The van der Waals surface area contributed by atoms with Crippen molar-refractivity contribution in [2.75, 3.05) is 6.61 Å². The Hall–Kier alpha value is -0.740. The highest BCUT2D eigenvalue weighted by molar-refractivity contribution is 9.10. The molecule has 0 saturated carbocycles. The molecule has 1 aliphatic rings. The fraction of sp³-hybridized carbons (Fsp3) is 0.538. The first-order chi connectivity index (χ1) is 8.24. The molecule has 1 aromatic rings. The summed E-state index contributed by atoms with van der Waals surface area (Å²) in [6.45, 7) is 0.856. The van der Waals surface area contributed by atoms with Crippen LogP contribution in [0.15, 0.2) is 22.9 Å². The maximum Gasteiger partial charge on any atom is 0.137 e. The number of Topliss-reactive ketones (excluding diaryl/α,β-unsaturated/α-hetero) is 1. The van der Waals surface area contributed by atoms with Gasteiger partial charge in [-0.3, -0.25) is 9.78 Å². The average molecular weight is 298 g/mol. The van der Waals surface area contributed by atoms with E-state index in [-0.39, 0.29) is 5.78 Å². The standard InChI is InChI=1S/C13H16BrNO2/c14-11-6-10(8-15-9-11)7-12(16)3-4-13-2-1-5-17-13/h6,8-9,13H,1-5,7H2. The molecule has 1 fully saturated rings. The van der Waals surface area contributed by atoms with E-state index in [1.807, 2.05) is 6.07 Å². The van der Waals surface area contributed by atoms with Crippen LogP contribution in [0.5, 0.6) is 0 Å². The van der Waals surface area contributed by atoms with Gasteiger partial charge < -0.3 is 4.74 Å². The average Bonchev–Trinajstić information content (AvgIpc) is 2.79. The van der Waals surface area contributed by atoms with Gasteiger partial charge in [0.2, 0.25) is 0 Å². The Kier molecular flexibility index (Phi) is 4.68. The van der Waals surface area contributed by atoms with Gasteiger partial charge in [-0.2, -0.15) is 0 Å². The van der Waals surface area contributed by atoms with E-state index < -0.39 is 0 Å². The van der Waals surface area contributed by atoms with Gasteiger partial charge in [-0.05, 0) is 46.8 Å². The monoisotopic (exact) mass is 297 g/mol. The molecule has 1 aromatic heterocycles. The van der Waals surface area contributed by atoms with Crippen LogP contribution in [0, 0.1) is 0 Å². The molecule has 0 N–H and O–H groups in total. The number of nitrogens with zero attached hydrogens (tertiary/aromatic N) is 1. The minimum Gasteiger partial charge on any atom is -0.378 e. The fourth-order valence-corrected chi connectivity index (χ4v) is 2.47. The lowest BCUT2D eigenvalue weighted by Crippen LogP contribution is -2.10. The van der Waals surface area contributed by atoms with Gasteiger partial charge in [0.05, 0.1) is 6.10 Å². The summed E-state index contributed by atoms with van der Waals surface area (Å²) in [4.78, 5) is 15.8. The zero-order chi connectivity index (χ0) is 12.1. The van der Waals surface area contributed by atoms with Crippen LogP contribution in [0.3, 0.4) is 0 Å². The second kappa shape index (κ2) is 6.26. The van der Waals surface area contributed by atoms with Crippen molar-refractivity contribution >= 4 is 21.7 Å². The molecule has 2 rings (SSSR count). The summed E-state index contributed by atoms with van der Waals surface area (Å²) in [7, 11) is 0. The number of rotatable bonds is 5. The molecule has 1 saturated heterocycles. The van der Waals surface area contributed by atoms with Crippen LogP contribution in [-0.4, -0.2) is 23.5 Å². The van der Waals surface area contributed by atoms with E-state index in [0.29, 0.717) is 18.9 Å². The molecular formula is C13H16BrNO2. The normalized spacial score (nSPS) is 19.5. The number of halogens is 1. The molecule has 0 spiro atoms. The molecule has 2 heterocycles. The van der Waals surface area contributed by atoms with Crippen LogP contribution in [-0.2, 0) is 16.0 Å². The predicted octanol–water partition coefficient (Wildman–Crippen LogP) is 2.91. The molecule has 0 bridgehead atoms. The second-order valence-electron chi connectivity index (χ2n) is 4.40. The smallest absolute Gasteiger partial charge is 0.137 e. The maximum atomic E-state index is 11.8. The van der Waals surface area contributed by atoms with Gasteiger partial charge in [0, 0.05) is 36.3 Å². The van der Waals surface area contributed by atoms with Crippen molar-refractivity contribution in [3.05, 3.63) is 28.5 Å². The number of hydrogen-bond donors (Lipinski definition) is 0. The lowest BCUT2D eigenvalue weighted by atomic mass is 10.0. The first-order valence-corrected chi connectivity index (χ1v) is 6.76. The largest absolute Gasteiger partial charge is 0.378 e. The SMILES string of the molecule is O=C(CCC1CCCO1)Cc1cncc(Br)c1. The van der Waals surface area contributed by atoms with Crippen LogP contribution < -0.4 is 0 Å². The third kappa shape index (κ3) is 4.21. The van der Waals surface area contributed by atoms with Gasteiger partial charge in [0.15, 0.2) is 0 Å². The van der Waals surface area contributed by atoms with E-state index in [1.165, 1.54) is 0 Å². The Balaban J connectivity index is 1.76. The maximum absolute atomic E-state index is 11.8. The molecule has 1 aliphatic heterocycles. The first-order valence-electron chi connectivity index (χ1n) is 5.97. The molecular weight excluding hydrogens is 282 g/mol. The molecule has 0 aliphatic carbocycles. The minimum atomic E-state index is 0.264. The number of ether oxygens (including phenoxy) is 1. The Morgan fingerprint density at radius 2 is 2.41 bits per heavy atom. The van der Waals surface area contributed by atoms with Crippen molar-refractivity contribution in [1.29, 1.82) is 0 Å². The van der Waals surface area contributed by atoms with Crippen molar-refractivity contribution < 1.29 is 9.53 Å². The molecule has 0 aromatic carbocycles. The summed E-state index contributed by atoms with van der Waals surface area (Å²) < 4.78 is 6.42. The summed E-state index contributed by atoms with van der Waals surface area (Å²) in [5.41, 5.74) is 0.969. The highest BCUT2D eigenvalue weighted by atomic mass is 79.9. The van der Waals surface area contributed by atoms with E-state index in [1.54, 1.807) is 12.4 Å². The van der Waals surface area contributed by atoms with Gasteiger partial charge >= 0.3 is 0 Å². The topological polar surface area (TPSA) is 39.2 Å². The Labute approximate surface area is 110 Å². The quantitative estimate of drug-likeness (QED) is 0.839. The zero-order valence-electron chi connectivity index (χ0n) is 9.69. The molecule has 17 heavy (non-hydrogen) atoms. The molecule has 1 unspecified atom stereocenters. The molecule has 3 nitrogen and oxygen atoms in total. The van der Waals surface area contributed by atoms with Crippen molar-refractivity contribution in [2.24, 2.45) is 0 Å². The first kappa shape index (κ1) is 12.7. The van der Waals surface area contributed by atoms with Gasteiger partial charge in [0.25, 0.3) is 0 Å². The number of hydrogen-bond acceptors (Lipinski definition) is 3. The van der Waals surface area contributed by atoms with Crippen molar-refractivity contribution in [3.63, 3.8) is 0 Å². The van der Waals surface area contributed by atoms with E-state index in [2.05, 4.69) is 20.9 Å². The van der Waals surface area contributed by atoms with Crippen molar-refractivity contribution in [3.8, 4) is 0 Å². The van der Waals surface area contributed by atoms with Gasteiger partial charge in [-0.15, -0.1) is 0 Å². The summed E-state index contributed by atoms with van der Waals surface area (Å²) in [6.07, 6.45) is 7.95. The Morgan fingerprint density at radius 3 is 3.12 bits per heavy atom. The fourth-order valence-electron chi connectivity index (χ4n) is 2.06. The minimum absolute atomic E-state index is 0.264. The lowest BCUT2D eigenvalue weighted by Gasteiger charge is -2.08. The van der Waals surface area contributed by atoms with Gasteiger partial charge in [0.1, 0.15) is 5.78 Å². The number of pyridine rings is 1. The van der Waals surface area contributed by atoms with Gasteiger partial charge in [-0.1, -0.05) is 0 Å². The van der Waals surface area contributed by atoms with Crippen LogP contribution in [0.1, 0.15) is 31.2 Å². The van der Waals surface area contributed by atoms with E-state index in [9.17, 15) is 4.79 Å². The summed E-state index contributed by atoms with van der Waals surface area (Å²) in [5.74, 6) is 0.264. The van der Waals surface area contributed by atoms with Crippen LogP contribution in [0.4, 0.5) is 0 Å². The molecule has 4 heteroatoms. The summed E-state index contributed by atoms with van der Waals surface area (Å²) >= 11 is 3.35. The summed E-state index contributed by atoms with van der Waals surface area (Å²) in [6, 6.07) is 1.94. The molecule has 0 radical (unpaired) electrons. The van der Waals surface area contributed by atoms with Crippen molar-refractivity contribution in [2.45, 2.75) is 38.2 Å². The van der Waals surface area contributed by atoms with E-state index in [0.717, 1.165) is 35.9 Å². The van der Waals surface area contributed by atoms with E-state index >= 15 is 0 Å². The Morgan fingerprint density at radius 1 is 1.53 bits per heavy atom. The second-order valence-corrected chi connectivity index (χ2v) is 5.32. The van der Waals surface area contributed by atoms with Crippen LogP contribution in [0.25, 0.3) is 0 Å². The number of carbonyl (C=O) groups is 1. The highest BCUT2D eigenvalue weighted by Crippen LogP contribution is 2.18. The Bertz CT molecular complexity index is 389. The number of ketones is 1. The predicted molar refractivity (Wildman–Crippen MR) is 68.9 cm³/mol. The lowest BCUT2D eigenvalue weighted by molar-refractivity contribution is -0.119. The number of aromatic nitrogens is 1. The molecule has 92 valence electrons. The van der Waals surface area contributed by atoms with Crippen LogP contribution in [0.2, 0.25) is 0 Å². The zero-order valence-corrected chi connectivity index (χ0v) is 11.3. The number of carbonyl (C=O) groups excluding carboxylic acids is 1. The molecule has 0 amide bonds. The molecule has 1 atom stereocenters. The summed E-state index contributed by atoms with van der Waals surface area (Å²) in [5, 5.41) is 0. The van der Waals surface area contributed by atoms with Crippen molar-refractivity contribution in [1.82, 2.24) is 4.98 Å². The third-order valence-electron chi connectivity index (χ3n) is 2.93. The van der Waals surface area contributed by atoms with Gasteiger partial charge in [-0.25, -0.2) is 0 Å². The van der Waals surface area contributed by atoms with Crippen LogP contribution >= 0.6 is 15.9 Å². The highest BCUT2D eigenvalue weighted by Gasteiger charge is 2.16. The van der Waals surface area contributed by atoms with E-state index in [4.69, 9.17) is 4.74 Å².